The van der Waals surface area contributed by atoms with Gasteiger partial charge in [-0.2, -0.15) is 0 Å². The molecule has 0 aliphatic rings. The van der Waals surface area contributed by atoms with Crippen LogP contribution in [-0.4, -0.2) is 19.4 Å². The number of hydrogen-bond acceptors (Lipinski definition) is 3. The number of aryl methyl sites for hydroxylation is 2. The van der Waals surface area contributed by atoms with Crippen molar-refractivity contribution < 1.29 is 9.53 Å². The van der Waals surface area contributed by atoms with Crippen LogP contribution in [0.3, 0.4) is 0 Å². The lowest BCUT2D eigenvalue weighted by Crippen LogP contribution is -2.28. The standard InChI is InChI=1S/C16H25NO2/c1-10-9-11(2)13(14(19-6)12(10)3)15(18)16(4,5)7-8-17/h9H,7-8,17H2,1-6H3. The Morgan fingerprint density at radius 1 is 1.26 bits per heavy atom. The molecular formula is C16H25NO2. The maximum absolute atomic E-state index is 12.8. The third kappa shape index (κ3) is 2.98. The second kappa shape index (κ2) is 5.74. The van der Waals surface area contributed by atoms with E-state index in [0.29, 0.717) is 24.3 Å². The summed E-state index contributed by atoms with van der Waals surface area (Å²) >= 11 is 0. The molecule has 0 fully saturated rings. The Kier molecular flexibility index (Phi) is 4.75. The summed E-state index contributed by atoms with van der Waals surface area (Å²) in [5, 5.41) is 0. The summed E-state index contributed by atoms with van der Waals surface area (Å²) in [4.78, 5) is 12.8. The molecule has 0 atom stereocenters. The topological polar surface area (TPSA) is 52.3 Å². The van der Waals surface area contributed by atoms with Crippen LogP contribution < -0.4 is 10.5 Å². The van der Waals surface area contributed by atoms with Gasteiger partial charge in [0.2, 0.25) is 0 Å². The maximum atomic E-state index is 12.8. The number of ketones is 1. The van der Waals surface area contributed by atoms with Crippen LogP contribution in [0, 0.1) is 26.2 Å². The molecule has 0 bridgehead atoms. The Hall–Kier alpha value is -1.35. The van der Waals surface area contributed by atoms with Crippen LogP contribution in [0.1, 0.15) is 47.3 Å². The van der Waals surface area contributed by atoms with E-state index in [2.05, 4.69) is 0 Å². The molecule has 1 aromatic rings. The highest BCUT2D eigenvalue weighted by Crippen LogP contribution is 2.35. The number of benzene rings is 1. The van der Waals surface area contributed by atoms with Gasteiger partial charge < -0.3 is 10.5 Å². The van der Waals surface area contributed by atoms with E-state index in [4.69, 9.17) is 10.5 Å². The molecule has 0 spiro atoms. The number of Topliss-reactive ketones (excluding diaryl/α,β-unsaturated/α-hetero) is 1. The smallest absolute Gasteiger partial charge is 0.172 e. The molecule has 0 unspecified atom stereocenters. The Bertz CT molecular complexity index is 490. The molecule has 0 aliphatic heterocycles. The lowest BCUT2D eigenvalue weighted by molar-refractivity contribution is 0.0825. The van der Waals surface area contributed by atoms with Gasteiger partial charge in [0.1, 0.15) is 5.75 Å². The second-order valence-corrected chi connectivity index (χ2v) is 5.80. The molecule has 0 heterocycles. The van der Waals surface area contributed by atoms with Crippen molar-refractivity contribution in [2.75, 3.05) is 13.7 Å². The van der Waals surface area contributed by atoms with Crippen molar-refractivity contribution >= 4 is 5.78 Å². The van der Waals surface area contributed by atoms with E-state index in [9.17, 15) is 4.79 Å². The largest absolute Gasteiger partial charge is 0.496 e. The van der Waals surface area contributed by atoms with Crippen molar-refractivity contribution in [1.82, 2.24) is 0 Å². The van der Waals surface area contributed by atoms with Crippen molar-refractivity contribution in [1.29, 1.82) is 0 Å². The molecule has 0 saturated carbocycles. The highest BCUT2D eigenvalue weighted by molar-refractivity contribution is 6.04. The number of carbonyl (C=O) groups is 1. The Labute approximate surface area is 116 Å². The molecule has 2 N–H and O–H groups in total. The number of methoxy groups -OCH3 is 1. The normalized spacial score (nSPS) is 11.5. The third-order valence-electron chi connectivity index (χ3n) is 3.80. The molecule has 0 saturated heterocycles. The minimum atomic E-state index is -0.464. The van der Waals surface area contributed by atoms with Gasteiger partial charge in [0.15, 0.2) is 5.78 Å². The first-order valence-corrected chi connectivity index (χ1v) is 6.66. The molecule has 1 rings (SSSR count). The predicted octanol–water partition coefficient (Wildman–Crippen LogP) is 3.18. The molecule has 0 radical (unpaired) electrons. The summed E-state index contributed by atoms with van der Waals surface area (Å²) in [6, 6.07) is 2.05. The van der Waals surface area contributed by atoms with Crippen LogP contribution in [0.15, 0.2) is 6.07 Å². The Morgan fingerprint density at radius 2 is 1.84 bits per heavy atom. The van der Waals surface area contributed by atoms with E-state index in [1.165, 1.54) is 0 Å². The monoisotopic (exact) mass is 263 g/mol. The van der Waals surface area contributed by atoms with Crippen molar-refractivity contribution in [3.05, 3.63) is 28.3 Å². The summed E-state index contributed by atoms with van der Waals surface area (Å²) < 4.78 is 5.48. The average molecular weight is 263 g/mol. The summed E-state index contributed by atoms with van der Waals surface area (Å²) in [5.74, 6) is 0.808. The van der Waals surface area contributed by atoms with Crippen LogP contribution in [0.5, 0.6) is 5.75 Å². The fourth-order valence-corrected chi connectivity index (χ4v) is 2.40. The van der Waals surface area contributed by atoms with E-state index in [0.717, 1.165) is 16.7 Å². The van der Waals surface area contributed by atoms with Crippen molar-refractivity contribution in [3.8, 4) is 5.75 Å². The number of nitrogens with two attached hydrogens (primary N) is 1. The van der Waals surface area contributed by atoms with Gasteiger partial charge in [0.25, 0.3) is 0 Å². The molecule has 0 aliphatic carbocycles. The lowest BCUT2D eigenvalue weighted by atomic mass is 9.79. The minimum absolute atomic E-state index is 0.107. The SMILES string of the molecule is COc1c(C)c(C)cc(C)c1C(=O)C(C)(C)CCN. The van der Waals surface area contributed by atoms with E-state index >= 15 is 0 Å². The molecule has 0 aromatic heterocycles. The fraction of sp³-hybridized carbons (Fsp3) is 0.562. The average Bonchev–Trinajstić information content (AvgIpc) is 2.32. The number of hydrogen-bond donors (Lipinski definition) is 1. The zero-order valence-corrected chi connectivity index (χ0v) is 12.9. The number of ether oxygens (including phenoxy) is 1. The quantitative estimate of drug-likeness (QED) is 0.830. The van der Waals surface area contributed by atoms with Gasteiger partial charge in [0, 0.05) is 5.41 Å². The van der Waals surface area contributed by atoms with Gasteiger partial charge in [-0.25, -0.2) is 0 Å². The van der Waals surface area contributed by atoms with Gasteiger partial charge in [0.05, 0.1) is 12.7 Å². The van der Waals surface area contributed by atoms with Gasteiger partial charge in [-0.1, -0.05) is 19.9 Å². The lowest BCUT2D eigenvalue weighted by Gasteiger charge is -2.25. The van der Waals surface area contributed by atoms with Crippen LogP contribution >= 0.6 is 0 Å². The summed E-state index contributed by atoms with van der Waals surface area (Å²) in [6.45, 7) is 10.4. The van der Waals surface area contributed by atoms with Gasteiger partial charge in [-0.3, -0.25) is 4.79 Å². The third-order valence-corrected chi connectivity index (χ3v) is 3.80. The molecule has 3 nitrogen and oxygen atoms in total. The molecular weight excluding hydrogens is 238 g/mol. The van der Waals surface area contributed by atoms with Crippen molar-refractivity contribution in [2.45, 2.75) is 41.0 Å². The highest BCUT2D eigenvalue weighted by Gasteiger charge is 2.31. The first-order valence-electron chi connectivity index (χ1n) is 6.66. The van der Waals surface area contributed by atoms with Crippen LogP contribution in [0.2, 0.25) is 0 Å². The minimum Gasteiger partial charge on any atom is -0.496 e. The van der Waals surface area contributed by atoms with Gasteiger partial charge >= 0.3 is 0 Å². The second-order valence-electron chi connectivity index (χ2n) is 5.80. The van der Waals surface area contributed by atoms with Gasteiger partial charge in [-0.05, 0) is 50.4 Å². The zero-order valence-electron chi connectivity index (χ0n) is 12.9. The molecule has 0 amide bonds. The van der Waals surface area contributed by atoms with Crippen LogP contribution in [0.25, 0.3) is 0 Å². The predicted molar refractivity (Wildman–Crippen MR) is 79.0 cm³/mol. The van der Waals surface area contributed by atoms with Crippen LogP contribution in [0.4, 0.5) is 0 Å². The summed E-state index contributed by atoms with van der Waals surface area (Å²) in [7, 11) is 1.62. The van der Waals surface area contributed by atoms with E-state index in [-0.39, 0.29) is 5.78 Å². The van der Waals surface area contributed by atoms with Crippen molar-refractivity contribution in [3.63, 3.8) is 0 Å². The van der Waals surface area contributed by atoms with E-state index in [1.54, 1.807) is 7.11 Å². The first kappa shape index (κ1) is 15.7. The first-order chi connectivity index (χ1) is 8.76. The van der Waals surface area contributed by atoms with Crippen molar-refractivity contribution in [2.24, 2.45) is 11.1 Å². The molecule has 19 heavy (non-hydrogen) atoms. The highest BCUT2D eigenvalue weighted by atomic mass is 16.5. The van der Waals surface area contributed by atoms with E-state index < -0.39 is 5.41 Å². The Morgan fingerprint density at radius 3 is 2.32 bits per heavy atom. The molecule has 1 aromatic carbocycles. The van der Waals surface area contributed by atoms with E-state index in [1.807, 2.05) is 40.7 Å². The van der Waals surface area contributed by atoms with Crippen LogP contribution in [-0.2, 0) is 0 Å². The number of rotatable bonds is 5. The summed E-state index contributed by atoms with van der Waals surface area (Å²) in [6.07, 6.45) is 0.668. The summed E-state index contributed by atoms with van der Waals surface area (Å²) in [5.41, 5.74) is 8.98. The number of carbonyl (C=O) groups excluding carboxylic acids is 1. The molecule has 3 heteroatoms. The Balaban J connectivity index is 3.42. The fourth-order valence-electron chi connectivity index (χ4n) is 2.40. The zero-order chi connectivity index (χ0) is 14.8. The van der Waals surface area contributed by atoms with Gasteiger partial charge in [-0.15, -0.1) is 0 Å². The maximum Gasteiger partial charge on any atom is 0.172 e. The molecule has 106 valence electrons.